The molecular weight excluding hydrogens is 367 g/mol. The van der Waals surface area contributed by atoms with Crippen molar-refractivity contribution in [2.24, 2.45) is 0 Å². The maximum atomic E-state index is 12.7. The van der Waals surface area contributed by atoms with Crippen LogP contribution in [-0.4, -0.2) is 33.4 Å². The number of hydrogen-bond donors (Lipinski definition) is 0. The summed E-state index contributed by atoms with van der Waals surface area (Å²) in [6, 6.07) is 14.1. The van der Waals surface area contributed by atoms with Crippen LogP contribution >= 0.6 is 0 Å². The van der Waals surface area contributed by atoms with Crippen LogP contribution in [-0.2, 0) is 21.3 Å². The van der Waals surface area contributed by atoms with Gasteiger partial charge in [0.25, 0.3) is 0 Å². The summed E-state index contributed by atoms with van der Waals surface area (Å²) < 4.78 is 49.1. The zero-order valence-corrected chi connectivity index (χ0v) is 15.8. The maximum absolute atomic E-state index is 12.7. The Bertz CT molecular complexity index is 785. The number of alkyl halides is 3. The van der Waals surface area contributed by atoms with E-state index in [0.29, 0.717) is 19.1 Å². The molecule has 0 bridgehead atoms. The summed E-state index contributed by atoms with van der Waals surface area (Å²) in [5.74, 6) is 0.307. The van der Waals surface area contributed by atoms with Gasteiger partial charge < -0.3 is 14.4 Å². The molecule has 2 aromatic rings. The molecule has 150 valence electrons. The van der Waals surface area contributed by atoms with Crippen molar-refractivity contribution in [1.82, 2.24) is 0 Å². The predicted molar refractivity (Wildman–Crippen MR) is 102 cm³/mol. The van der Waals surface area contributed by atoms with Crippen LogP contribution in [0.25, 0.3) is 0 Å². The number of halogens is 3. The molecule has 0 atom stereocenters. The largest absolute Gasteiger partial charge is 0.416 e. The van der Waals surface area contributed by atoms with Crippen LogP contribution in [0, 0.1) is 0 Å². The smallest absolute Gasteiger partial charge is 0.375 e. The Labute approximate surface area is 163 Å². The van der Waals surface area contributed by atoms with Gasteiger partial charge in [-0.1, -0.05) is 24.3 Å². The van der Waals surface area contributed by atoms with E-state index in [1.54, 1.807) is 19.2 Å². The summed E-state index contributed by atoms with van der Waals surface area (Å²) in [6.07, 6.45) is -2.41. The quantitative estimate of drug-likeness (QED) is 0.735. The predicted octanol–water partition coefficient (Wildman–Crippen LogP) is 4.96. The fourth-order valence-corrected chi connectivity index (χ4v) is 4.08. The van der Waals surface area contributed by atoms with Crippen molar-refractivity contribution in [3.8, 4) is 0 Å². The van der Waals surface area contributed by atoms with Crippen LogP contribution in [0.3, 0.4) is 0 Å². The summed E-state index contributed by atoms with van der Waals surface area (Å²) in [5, 5.41) is 0. The number of ether oxygens (including phenoxy) is 2. The Morgan fingerprint density at radius 1 is 0.964 bits per heavy atom. The molecule has 0 amide bonds. The highest BCUT2D eigenvalue weighted by Gasteiger charge is 2.40. The Kier molecular flexibility index (Phi) is 5.10. The lowest BCUT2D eigenvalue weighted by molar-refractivity contribution is -0.202. The van der Waals surface area contributed by atoms with Crippen LogP contribution in [0.1, 0.15) is 35.4 Å². The molecule has 2 heterocycles. The van der Waals surface area contributed by atoms with Crippen LogP contribution in [0.5, 0.6) is 0 Å². The van der Waals surface area contributed by atoms with Crippen molar-refractivity contribution in [3.05, 3.63) is 65.2 Å². The number of benzene rings is 2. The van der Waals surface area contributed by atoms with Crippen molar-refractivity contribution in [2.45, 2.75) is 30.5 Å². The highest BCUT2D eigenvalue weighted by atomic mass is 19.4. The van der Waals surface area contributed by atoms with Gasteiger partial charge in [0.2, 0.25) is 0 Å². The first-order valence-corrected chi connectivity index (χ1v) is 9.57. The number of anilines is 1. The number of nitrogens with zero attached hydrogens (tertiary/aromatic N) is 1. The molecule has 3 nitrogen and oxygen atoms in total. The van der Waals surface area contributed by atoms with Gasteiger partial charge >= 0.3 is 6.18 Å². The van der Waals surface area contributed by atoms with E-state index in [2.05, 4.69) is 29.2 Å². The topological polar surface area (TPSA) is 21.7 Å². The summed E-state index contributed by atoms with van der Waals surface area (Å²) >= 11 is 0. The van der Waals surface area contributed by atoms with Crippen LogP contribution in [0.4, 0.5) is 18.9 Å². The minimum atomic E-state index is -4.28. The SMILES string of the molecule is COC1(c2ccc(N3CCC(c4ccc(C(F)(F)F)cc4)CC3)cc2)COC1. The number of methoxy groups -OCH3 is 1. The molecule has 0 saturated carbocycles. The Morgan fingerprint density at radius 2 is 1.57 bits per heavy atom. The first kappa shape index (κ1) is 19.3. The average Bonchev–Trinajstić information content (AvgIpc) is 2.68. The van der Waals surface area contributed by atoms with Crippen molar-refractivity contribution in [1.29, 1.82) is 0 Å². The minimum absolute atomic E-state index is 0.307. The molecular formula is C22H24F3NO2. The van der Waals surface area contributed by atoms with Gasteiger partial charge in [-0.3, -0.25) is 0 Å². The monoisotopic (exact) mass is 391 g/mol. The van der Waals surface area contributed by atoms with E-state index in [1.165, 1.54) is 17.8 Å². The number of rotatable bonds is 4. The van der Waals surface area contributed by atoms with E-state index >= 15 is 0 Å². The number of piperidine rings is 1. The van der Waals surface area contributed by atoms with Crippen molar-refractivity contribution in [2.75, 3.05) is 38.3 Å². The van der Waals surface area contributed by atoms with E-state index in [9.17, 15) is 13.2 Å². The van der Waals surface area contributed by atoms with E-state index in [-0.39, 0.29) is 5.60 Å². The zero-order valence-electron chi connectivity index (χ0n) is 15.8. The van der Waals surface area contributed by atoms with Gasteiger partial charge in [-0.2, -0.15) is 13.2 Å². The highest BCUT2D eigenvalue weighted by molar-refractivity contribution is 5.49. The first-order chi connectivity index (χ1) is 13.4. The molecule has 2 aromatic carbocycles. The molecule has 0 spiro atoms. The lowest BCUT2D eigenvalue weighted by atomic mass is 9.88. The number of hydrogen-bond acceptors (Lipinski definition) is 3. The summed E-state index contributed by atoms with van der Waals surface area (Å²) in [6.45, 7) is 2.95. The first-order valence-electron chi connectivity index (χ1n) is 9.57. The molecule has 28 heavy (non-hydrogen) atoms. The second-order valence-electron chi connectivity index (χ2n) is 7.62. The Hall–Kier alpha value is -2.05. The third kappa shape index (κ3) is 3.63. The average molecular weight is 391 g/mol. The highest BCUT2D eigenvalue weighted by Crippen LogP contribution is 2.36. The molecule has 2 aliphatic heterocycles. The fraction of sp³-hybridized carbons (Fsp3) is 0.455. The van der Waals surface area contributed by atoms with Crippen LogP contribution in [0.15, 0.2) is 48.5 Å². The van der Waals surface area contributed by atoms with Crippen molar-refractivity contribution in [3.63, 3.8) is 0 Å². The van der Waals surface area contributed by atoms with Gasteiger partial charge in [0, 0.05) is 25.9 Å². The minimum Gasteiger partial charge on any atom is -0.375 e. The molecule has 0 aromatic heterocycles. The standard InChI is InChI=1S/C22H24F3NO2/c1-27-21(14-28-15-21)18-6-8-20(9-7-18)26-12-10-17(11-13-26)16-2-4-19(5-3-16)22(23,24)25/h2-9,17H,10-15H2,1H3. The summed E-state index contributed by atoms with van der Waals surface area (Å²) in [5.41, 5.74) is 2.40. The Balaban J connectivity index is 1.37. The molecule has 0 unspecified atom stereocenters. The van der Waals surface area contributed by atoms with Gasteiger partial charge in [-0.15, -0.1) is 0 Å². The summed E-state index contributed by atoms with van der Waals surface area (Å²) in [4.78, 5) is 2.33. The van der Waals surface area contributed by atoms with Crippen molar-refractivity contribution < 1.29 is 22.6 Å². The molecule has 4 rings (SSSR count). The van der Waals surface area contributed by atoms with E-state index in [0.717, 1.165) is 37.1 Å². The lowest BCUT2D eigenvalue weighted by Gasteiger charge is -2.40. The van der Waals surface area contributed by atoms with Crippen molar-refractivity contribution >= 4 is 5.69 Å². The van der Waals surface area contributed by atoms with Gasteiger partial charge in [-0.25, -0.2) is 0 Å². The molecule has 0 N–H and O–H groups in total. The van der Waals surface area contributed by atoms with Crippen LogP contribution < -0.4 is 4.90 Å². The molecule has 2 aliphatic rings. The van der Waals surface area contributed by atoms with Gasteiger partial charge in [0.1, 0.15) is 5.60 Å². The Morgan fingerprint density at radius 3 is 2.04 bits per heavy atom. The molecule has 0 radical (unpaired) electrons. The lowest BCUT2D eigenvalue weighted by Crippen LogP contribution is -2.48. The third-order valence-electron chi connectivity index (χ3n) is 6.02. The van der Waals surface area contributed by atoms with Crippen LogP contribution in [0.2, 0.25) is 0 Å². The molecule has 0 aliphatic carbocycles. The fourth-order valence-electron chi connectivity index (χ4n) is 4.08. The van der Waals surface area contributed by atoms with E-state index in [4.69, 9.17) is 9.47 Å². The van der Waals surface area contributed by atoms with Gasteiger partial charge in [0.15, 0.2) is 0 Å². The van der Waals surface area contributed by atoms with Gasteiger partial charge in [0.05, 0.1) is 18.8 Å². The summed E-state index contributed by atoms with van der Waals surface area (Å²) in [7, 11) is 1.71. The van der Waals surface area contributed by atoms with Gasteiger partial charge in [-0.05, 0) is 54.2 Å². The van der Waals surface area contributed by atoms with E-state index in [1.807, 2.05) is 0 Å². The second kappa shape index (κ2) is 7.41. The normalized spacial score (nSPS) is 20.1. The molecule has 6 heteroatoms. The molecule has 2 saturated heterocycles. The second-order valence-corrected chi connectivity index (χ2v) is 7.62. The zero-order chi connectivity index (χ0) is 19.8. The van der Waals surface area contributed by atoms with E-state index < -0.39 is 11.7 Å². The molecule has 2 fully saturated rings. The maximum Gasteiger partial charge on any atom is 0.416 e. The third-order valence-corrected chi connectivity index (χ3v) is 6.02.